The predicted octanol–water partition coefficient (Wildman–Crippen LogP) is 3.62. The molecule has 0 aliphatic carbocycles. The minimum absolute atomic E-state index is 0.0649. The molecule has 0 unspecified atom stereocenters. The molecule has 0 radical (unpaired) electrons. The van der Waals surface area contributed by atoms with Crippen molar-refractivity contribution >= 4 is 11.8 Å². The van der Waals surface area contributed by atoms with E-state index in [2.05, 4.69) is 5.32 Å². The largest absolute Gasteiger partial charge is 0.494 e. The van der Waals surface area contributed by atoms with E-state index in [-0.39, 0.29) is 24.5 Å². The molecule has 1 aliphatic rings. The van der Waals surface area contributed by atoms with Crippen LogP contribution in [0.1, 0.15) is 43.6 Å². The highest BCUT2D eigenvalue weighted by Crippen LogP contribution is 2.32. The molecule has 3 rings (SSSR count). The summed E-state index contributed by atoms with van der Waals surface area (Å²) in [5.41, 5.74) is 1.43. The highest BCUT2D eigenvalue weighted by molar-refractivity contribution is 5.97. The van der Waals surface area contributed by atoms with Gasteiger partial charge in [0.05, 0.1) is 6.61 Å². The normalized spacial score (nSPS) is 13.1. The summed E-state index contributed by atoms with van der Waals surface area (Å²) in [7, 11) is 0. The predicted molar refractivity (Wildman–Crippen MR) is 117 cm³/mol. The number of nitrogens with one attached hydrogen (secondary N) is 1. The Morgan fingerprint density at radius 2 is 1.77 bits per heavy atom. The van der Waals surface area contributed by atoms with Crippen LogP contribution in [0.4, 0.5) is 0 Å². The first kappa shape index (κ1) is 22.5. The average molecular weight is 427 g/mol. The number of rotatable bonds is 9. The van der Waals surface area contributed by atoms with Crippen molar-refractivity contribution in [3.8, 4) is 17.2 Å². The second-order valence-electron chi connectivity index (χ2n) is 7.69. The molecule has 1 N–H and O–H groups in total. The van der Waals surface area contributed by atoms with Crippen molar-refractivity contribution in [1.82, 2.24) is 10.2 Å². The van der Waals surface area contributed by atoms with Crippen LogP contribution in [0.2, 0.25) is 0 Å². The minimum Gasteiger partial charge on any atom is -0.494 e. The molecule has 1 atom stereocenters. The lowest BCUT2D eigenvalue weighted by Gasteiger charge is -2.29. The van der Waals surface area contributed by atoms with Crippen LogP contribution >= 0.6 is 0 Å². The molecule has 7 nitrogen and oxygen atoms in total. The van der Waals surface area contributed by atoms with Gasteiger partial charge in [-0.25, -0.2) is 0 Å². The van der Waals surface area contributed by atoms with Gasteiger partial charge in [-0.05, 0) is 61.7 Å². The van der Waals surface area contributed by atoms with E-state index in [0.717, 1.165) is 5.56 Å². The number of benzene rings is 2. The van der Waals surface area contributed by atoms with Gasteiger partial charge in [0.2, 0.25) is 12.7 Å². The van der Waals surface area contributed by atoms with E-state index in [1.165, 1.54) is 0 Å². The van der Waals surface area contributed by atoms with Gasteiger partial charge in [0, 0.05) is 18.7 Å². The van der Waals surface area contributed by atoms with Crippen LogP contribution in [-0.2, 0) is 11.3 Å². The van der Waals surface area contributed by atoms with E-state index in [9.17, 15) is 9.59 Å². The first-order chi connectivity index (χ1) is 14.9. The topological polar surface area (TPSA) is 77.1 Å². The van der Waals surface area contributed by atoms with Crippen molar-refractivity contribution in [3.05, 3.63) is 53.6 Å². The van der Waals surface area contributed by atoms with E-state index in [0.29, 0.717) is 42.5 Å². The first-order valence-electron chi connectivity index (χ1n) is 10.6. The summed E-state index contributed by atoms with van der Waals surface area (Å²) in [6.45, 7) is 9.40. The maximum Gasteiger partial charge on any atom is 0.251 e. The molecular weight excluding hydrogens is 396 g/mol. The van der Waals surface area contributed by atoms with E-state index in [4.69, 9.17) is 14.2 Å². The number of ether oxygens (including phenoxy) is 3. The van der Waals surface area contributed by atoms with Crippen molar-refractivity contribution in [2.75, 3.05) is 19.9 Å². The van der Waals surface area contributed by atoms with E-state index < -0.39 is 6.04 Å². The molecule has 0 fully saturated rings. The molecule has 2 aromatic carbocycles. The van der Waals surface area contributed by atoms with Crippen molar-refractivity contribution in [1.29, 1.82) is 0 Å². The molecule has 1 heterocycles. The number of hydrogen-bond acceptors (Lipinski definition) is 5. The summed E-state index contributed by atoms with van der Waals surface area (Å²) in [6, 6.07) is 11.9. The Morgan fingerprint density at radius 1 is 1.06 bits per heavy atom. The summed E-state index contributed by atoms with van der Waals surface area (Å²) < 4.78 is 16.2. The van der Waals surface area contributed by atoms with Crippen LogP contribution in [0, 0.1) is 5.92 Å². The zero-order valence-electron chi connectivity index (χ0n) is 18.5. The van der Waals surface area contributed by atoms with Gasteiger partial charge >= 0.3 is 0 Å². The van der Waals surface area contributed by atoms with Crippen LogP contribution in [0.5, 0.6) is 17.2 Å². The minimum atomic E-state index is -0.631. The van der Waals surface area contributed by atoms with Crippen molar-refractivity contribution in [2.45, 2.75) is 40.3 Å². The van der Waals surface area contributed by atoms with E-state index in [1.54, 1.807) is 29.2 Å². The van der Waals surface area contributed by atoms with Crippen molar-refractivity contribution < 1.29 is 23.8 Å². The molecule has 0 bridgehead atoms. The molecule has 166 valence electrons. The van der Waals surface area contributed by atoms with E-state index in [1.807, 2.05) is 45.9 Å². The molecule has 0 saturated heterocycles. The summed E-state index contributed by atoms with van der Waals surface area (Å²) in [5, 5.41) is 2.91. The van der Waals surface area contributed by atoms with Crippen molar-refractivity contribution in [3.63, 3.8) is 0 Å². The van der Waals surface area contributed by atoms with Crippen LogP contribution < -0.4 is 19.5 Å². The van der Waals surface area contributed by atoms with Crippen LogP contribution in [0.15, 0.2) is 42.5 Å². The number of likely N-dealkylation sites (N-methyl/N-ethyl adjacent to an activating group) is 1. The summed E-state index contributed by atoms with van der Waals surface area (Å²) >= 11 is 0. The van der Waals surface area contributed by atoms with Crippen LogP contribution in [-0.4, -0.2) is 42.7 Å². The molecule has 0 aromatic heterocycles. The molecule has 31 heavy (non-hydrogen) atoms. The standard InChI is InChI=1S/C24H30N2O5/c1-5-26(14-17-7-12-20-21(13-17)31-15-30-20)24(28)22(16(3)4)25-23(27)18-8-10-19(11-9-18)29-6-2/h7-13,16,22H,5-6,14-15H2,1-4H3,(H,25,27)/t22-/m0/s1. The zero-order valence-corrected chi connectivity index (χ0v) is 18.5. The second-order valence-corrected chi connectivity index (χ2v) is 7.69. The lowest BCUT2D eigenvalue weighted by Crippen LogP contribution is -2.51. The van der Waals surface area contributed by atoms with Gasteiger partial charge in [-0.15, -0.1) is 0 Å². The van der Waals surface area contributed by atoms with E-state index >= 15 is 0 Å². The summed E-state index contributed by atoms with van der Waals surface area (Å²) in [4.78, 5) is 27.8. The Morgan fingerprint density at radius 3 is 2.42 bits per heavy atom. The monoisotopic (exact) mass is 426 g/mol. The molecule has 7 heteroatoms. The Kier molecular flexibility index (Phi) is 7.39. The lowest BCUT2D eigenvalue weighted by molar-refractivity contribution is -0.134. The fourth-order valence-corrected chi connectivity index (χ4v) is 3.41. The molecular formula is C24H30N2O5. The lowest BCUT2D eigenvalue weighted by atomic mass is 10.0. The Balaban J connectivity index is 1.69. The molecule has 0 spiro atoms. The quantitative estimate of drug-likeness (QED) is 0.663. The van der Waals surface area contributed by atoms with Gasteiger partial charge in [0.25, 0.3) is 5.91 Å². The number of fused-ring (bicyclic) bond motifs is 1. The van der Waals surface area contributed by atoms with Gasteiger partial charge in [0.1, 0.15) is 11.8 Å². The van der Waals surface area contributed by atoms with Gasteiger partial charge in [-0.1, -0.05) is 19.9 Å². The maximum atomic E-state index is 13.3. The third kappa shape index (κ3) is 5.48. The fourth-order valence-electron chi connectivity index (χ4n) is 3.41. The third-order valence-corrected chi connectivity index (χ3v) is 5.15. The summed E-state index contributed by atoms with van der Waals surface area (Å²) in [5.74, 6) is 1.64. The van der Waals surface area contributed by atoms with Gasteiger partial charge in [-0.2, -0.15) is 0 Å². The SMILES string of the molecule is CCOc1ccc(C(=O)N[C@H](C(=O)N(CC)Cc2ccc3c(c2)OCO3)C(C)C)cc1. The zero-order chi connectivity index (χ0) is 22.4. The Hall–Kier alpha value is -3.22. The fraction of sp³-hybridized carbons (Fsp3) is 0.417. The van der Waals surface area contributed by atoms with Crippen LogP contribution in [0.3, 0.4) is 0 Å². The molecule has 2 aromatic rings. The Bertz CT molecular complexity index is 911. The highest BCUT2D eigenvalue weighted by atomic mass is 16.7. The van der Waals surface area contributed by atoms with Gasteiger partial charge in [0.15, 0.2) is 11.5 Å². The second kappa shape index (κ2) is 10.2. The Labute approximate surface area is 183 Å². The summed E-state index contributed by atoms with van der Waals surface area (Å²) in [6.07, 6.45) is 0. The third-order valence-electron chi connectivity index (χ3n) is 5.15. The average Bonchev–Trinajstić information content (AvgIpc) is 3.23. The number of amides is 2. The molecule has 2 amide bonds. The number of carbonyl (C=O) groups is 2. The van der Waals surface area contributed by atoms with Gasteiger partial charge < -0.3 is 24.4 Å². The number of nitrogens with zero attached hydrogens (tertiary/aromatic N) is 1. The highest BCUT2D eigenvalue weighted by Gasteiger charge is 2.29. The van der Waals surface area contributed by atoms with Crippen LogP contribution in [0.25, 0.3) is 0 Å². The number of hydrogen-bond donors (Lipinski definition) is 1. The maximum absolute atomic E-state index is 13.3. The number of carbonyl (C=O) groups excluding carboxylic acids is 2. The van der Waals surface area contributed by atoms with Gasteiger partial charge in [-0.3, -0.25) is 9.59 Å². The molecule has 1 aliphatic heterocycles. The first-order valence-corrected chi connectivity index (χ1v) is 10.6. The molecule has 0 saturated carbocycles. The van der Waals surface area contributed by atoms with Crippen molar-refractivity contribution in [2.24, 2.45) is 5.92 Å². The smallest absolute Gasteiger partial charge is 0.251 e.